The summed E-state index contributed by atoms with van der Waals surface area (Å²) in [6.07, 6.45) is 2.26. The van der Waals surface area contributed by atoms with Crippen molar-refractivity contribution in [3.8, 4) is 5.75 Å². The Balaban J connectivity index is 0.00000400. The quantitative estimate of drug-likeness (QED) is 0.301. The lowest BCUT2D eigenvalue weighted by molar-refractivity contribution is 0.0764. The number of nitrogens with one attached hydrogen (secondary N) is 1. The number of hydrogen-bond acceptors (Lipinski definition) is 3. The molecule has 0 aliphatic rings. The minimum absolute atomic E-state index is 0. The minimum Gasteiger partial charge on any atom is -0.497 e. The lowest BCUT2D eigenvalue weighted by atomic mass is 10.3. The van der Waals surface area contributed by atoms with Gasteiger partial charge in [0.1, 0.15) is 5.75 Å². The maximum absolute atomic E-state index is 5.82. The van der Waals surface area contributed by atoms with Gasteiger partial charge in [0.25, 0.3) is 0 Å². The van der Waals surface area contributed by atoms with E-state index in [1.165, 1.54) is 0 Å². The number of benzene rings is 1. The van der Waals surface area contributed by atoms with E-state index in [9.17, 15) is 0 Å². The van der Waals surface area contributed by atoms with Crippen LogP contribution in [0, 0.1) is 0 Å². The van der Waals surface area contributed by atoms with Crippen molar-refractivity contribution in [1.82, 2.24) is 0 Å². The first-order valence-electron chi connectivity index (χ1n) is 6.94. The molecule has 0 aliphatic heterocycles. The van der Waals surface area contributed by atoms with E-state index < -0.39 is 0 Å². The fraction of sp³-hybridized carbons (Fsp3) is 0.533. The van der Waals surface area contributed by atoms with Crippen molar-refractivity contribution in [3.05, 3.63) is 24.3 Å². The molecule has 0 amide bonds. The van der Waals surface area contributed by atoms with Gasteiger partial charge in [-0.2, -0.15) is 0 Å². The van der Waals surface area contributed by atoms with Gasteiger partial charge in [0.05, 0.1) is 13.2 Å². The van der Waals surface area contributed by atoms with Gasteiger partial charge >= 0.3 is 0 Å². The lowest BCUT2D eigenvalue weighted by Gasteiger charge is -2.07. The van der Waals surface area contributed by atoms with Gasteiger partial charge in [-0.25, -0.2) is 0 Å². The Morgan fingerprint density at radius 2 is 1.90 bits per heavy atom. The third-order valence-electron chi connectivity index (χ3n) is 2.65. The Hall–Kier alpha value is -1.02. The number of methoxy groups -OCH3 is 1. The van der Waals surface area contributed by atoms with E-state index in [0.29, 0.717) is 18.6 Å². The van der Waals surface area contributed by atoms with Crippen LogP contribution in [0.25, 0.3) is 0 Å². The number of anilines is 1. The van der Waals surface area contributed by atoms with E-state index in [1.807, 2.05) is 38.1 Å². The number of halogens is 1. The molecule has 5 nitrogen and oxygen atoms in total. The smallest absolute Gasteiger partial charge is 0.193 e. The molecular formula is C15H26IN3O2. The molecule has 1 aromatic carbocycles. The van der Waals surface area contributed by atoms with Crippen LogP contribution in [0.4, 0.5) is 5.69 Å². The third-order valence-corrected chi connectivity index (χ3v) is 2.65. The zero-order valence-corrected chi connectivity index (χ0v) is 15.3. The van der Waals surface area contributed by atoms with Crippen LogP contribution in [0.1, 0.15) is 26.7 Å². The summed E-state index contributed by atoms with van der Waals surface area (Å²) in [4.78, 5) is 4.28. The van der Waals surface area contributed by atoms with Crippen molar-refractivity contribution in [3.63, 3.8) is 0 Å². The fourth-order valence-corrected chi connectivity index (χ4v) is 1.59. The van der Waals surface area contributed by atoms with Crippen molar-refractivity contribution < 1.29 is 9.47 Å². The first-order chi connectivity index (χ1) is 9.61. The fourth-order valence-electron chi connectivity index (χ4n) is 1.59. The molecule has 120 valence electrons. The molecule has 0 aliphatic carbocycles. The molecule has 0 saturated carbocycles. The van der Waals surface area contributed by atoms with Crippen molar-refractivity contribution in [2.24, 2.45) is 10.7 Å². The summed E-state index contributed by atoms with van der Waals surface area (Å²) in [6, 6.07) is 7.55. The van der Waals surface area contributed by atoms with Gasteiger partial charge in [0.2, 0.25) is 0 Å². The Labute approximate surface area is 144 Å². The largest absolute Gasteiger partial charge is 0.497 e. The zero-order chi connectivity index (χ0) is 14.8. The van der Waals surface area contributed by atoms with Crippen LogP contribution < -0.4 is 15.8 Å². The van der Waals surface area contributed by atoms with E-state index >= 15 is 0 Å². The summed E-state index contributed by atoms with van der Waals surface area (Å²) in [5.41, 5.74) is 6.71. The molecule has 21 heavy (non-hydrogen) atoms. The van der Waals surface area contributed by atoms with E-state index in [4.69, 9.17) is 15.2 Å². The number of hydrogen-bond donors (Lipinski definition) is 2. The average molecular weight is 407 g/mol. The normalized spacial score (nSPS) is 11.1. The molecule has 0 aromatic heterocycles. The zero-order valence-electron chi connectivity index (χ0n) is 13.0. The summed E-state index contributed by atoms with van der Waals surface area (Å²) in [5, 5.41) is 3.04. The summed E-state index contributed by atoms with van der Waals surface area (Å²) in [7, 11) is 1.64. The van der Waals surface area contributed by atoms with Gasteiger partial charge in [-0.15, -0.1) is 24.0 Å². The highest BCUT2D eigenvalue weighted by atomic mass is 127. The number of guanidine groups is 1. The van der Waals surface area contributed by atoms with Crippen molar-refractivity contribution in [1.29, 1.82) is 0 Å². The van der Waals surface area contributed by atoms with E-state index in [0.717, 1.165) is 30.9 Å². The Kier molecular flexibility index (Phi) is 11.1. The summed E-state index contributed by atoms with van der Waals surface area (Å²) < 4.78 is 10.6. The number of aliphatic imine (C=N–C) groups is 1. The topological polar surface area (TPSA) is 68.9 Å². The second kappa shape index (κ2) is 11.6. The maximum Gasteiger partial charge on any atom is 0.193 e. The number of rotatable bonds is 8. The molecule has 0 saturated heterocycles. The molecule has 0 fully saturated rings. The minimum atomic E-state index is 0. The molecular weight excluding hydrogens is 381 g/mol. The first-order valence-corrected chi connectivity index (χ1v) is 6.94. The molecule has 3 N–H and O–H groups in total. The van der Waals surface area contributed by atoms with Crippen molar-refractivity contribution >= 4 is 35.6 Å². The number of ether oxygens (including phenoxy) is 2. The monoisotopic (exact) mass is 407 g/mol. The molecule has 1 rings (SSSR count). The number of nitrogens with zero attached hydrogens (tertiary/aromatic N) is 1. The lowest BCUT2D eigenvalue weighted by Crippen LogP contribution is -2.22. The molecule has 0 spiro atoms. The van der Waals surface area contributed by atoms with Crippen LogP contribution in [0.5, 0.6) is 5.75 Å². The number of unbranched alkanes of at least 4 members (excludes halogenated alkanes) is 1. The molecule has 1 aromatic rings. The molecule has 0 heterocycles. The molecule has 0 radical (unpaired) electrons. The Bertz CT molecular complexity index is 408. The predicted molar refractivity (Wildman–Crippen MR) is 98.8 cm³/mol. The second-order valence-corrected chi connectivity index (χ2v) is 4.75. The Morgan fingerprint density at radius 1 is 1.24 bits per heavy atom. The van der Waals surface area contributed by atoms with E-state index in [-0.39, 0.29) is 24.0 Å². The van der Waals surface area contributed by atoms with Crippen LogP contribution in [-0.2, 0) is 4.74 Å². The third kappa shape index (κ3) is 9.52. The molecule has 0 unspecified atom stereocenters. The predicted octanol–water partition coefficient (Wildman–Crippen LogP) is 3.25. The van der Waals surface area contributed by atoms with Gasteiger partial charge in [-0.05, 0) is 51.0 Å². The van der Waals surface area contributed by atoms with E-state index in [2.05, 4.69) is 10.3 Å². The van der Waals surface area contributed by atoms with Gasteiger partial charge < -0.3 is 20.5 Å². The maximum atomic E-state index is 5.82. The van der Waals surface area contributed by atoms with Gasteiger partial charge in [-0.3, -0.25) is 4.99 Å². The second-order valence-electron chi connectivity index (χ2n) is 4.75. The summed E-state index contributed by atoms with van der Waals surface area (Å²) in [5.74, 6) is 1.25. The average Bonchev–Trinajstić information content (AvgIpc) is 2.43. The standard InChI is InChI=1S/C15H25N3O2.HI/c1-12(2)20-11-5-4-10-17-15(16)18-13-6-8-14(19-3)9-7-13;/h6-9,12H,4-5,10-11H2,1-3H3,(H3,16,17,18);1H. The summed E-state index contributed by atoms with van der Waals surface area (Å²) >= 11 is 0. The van der Waals surface area contributed by atoms with Crippen LogP contribution in [-0.4, -0.2) is 32.3 Å². The molecule has 6 heteroatoms. The van der Waals surface area contributed by atoms with Crippen molar-refractivity contribution in [2.45, 2.75) is 32.8 Å². The van der Waals surface area contributed by atoms with E-state index in [1.54, 1.807) is 7.11 Å². The van der Waals surface area contributed by atoms with Crippen LogP contribution in [0.15, 0.2) is 29.3 Å². The molecule has 0 bridgehead atoms. The highest BCUT2D eigenvalue weighted by Gasteiger charge is 1.97. The number of nitrogens with two attached hydrogens (primary N) is 1. The highest BCUT2D eigenvalue weighted by molar-refractivity contribution is 14.0. The van der Waals surface area contributed by atoms with Gasteiger partial charge in [0.15, 0.2) is 5.96 Å². The van der Waals surface area contributed by atoms with Crippen LogP contribution in [0.3, 0.4) is 0 Å². The highest BCUT2D eigenvalue weighted by Crippen LogP contribution is 2.14. The first kappa shape index (κ1) is 20.0. The van der Waals surface area contributed by atoms with Gasteiger partial charge in [-0.1, -0.05) is 0 Å². The summed E-state index contributed by atoms with van der Waals surface area (Å²) in [6.45, 7) is 5.55. The molecule has 0 atom stereocenters. The van der Waals surface area contributed by atoms with Gasteiger partial charge in [0, 0.05) is 18.8 Å². The van der Waals surface area contributed by atoms with Crippen molar-refractivity contribution in [2.75, 3.05) is 25.6 Å². The van der Waals surface area contributed by atoms with Crippen LogP contribution >= 0.6 is 24.0 Å². The van der Waals surface area contributed by atoms with Crippen LogP contribution in [0.2, 0.25) is 0 Å². The Morgan fingerprint density at radius 3 is 2.48 bits per heavy atom. The SMILES string of the molecule is COc1ccc(NC(N)=NCCCCOC(C)C)cc1.I.